The van der Waals surface area contributed by atoms with E-state index in [1.165, 1.54) is 23.4 Å². The fraction of sp³-hybridized carbons (Fsp3) is 0.435. The summed E-state index contributed by atoms with van der Waals surface area (Å²) in [5, 5.41) is 0. The van der Waals surface area contributed by atoms with Gasteiger partial charge in [-0.05, 0) is 44.0 Å². The number of aryl methyl sites for hydroxylation is 1. The van der Waals surface area contributed by atoms with E-state index in [2.05, 4.69) is 92.8 Å². The molecule has 0 fully saturated rings. The molecule has 0 aliphatic carbocycles. The Kier molecular flexibility index (Phi) is 3.87. The first-order valence-electron chi connectivity index (χ1n) is 9.67. The largest absolute Gasteiger partial charge is 0.456 e. The molecule has 0 unspecified atom stereocenters. The molecule has 3 heterocycles. The number of aromatic nitrogens is 1. The molecule has 0 saturated carbocycles. The van der Waals surface area contributed by atoms with Crippen LogP contribution >= 0.6 is 0 Å². The lowest BCUT2D eigenvalue weighted by atomic mass is 9.76. The molecule has 0 N–H and O–H groups in total. The summed E-state index contributed by atoms with van der Waals surface area (Å²) in [5.41, 5.74) is 4.40. The number of hydrogen-bond donors (Lipinski definition) is 0. The van der Waals surface area contributed by atoms with Gasteiger partial charge in [-0.1, -0.05) is 31.5 Å². The van der Waals surface area contributed by atoms with Crippen LogP contribution in [0.15, 0.2) is 42.5 Å². The molecule has 3 nitrogen and oxygen atoms in total. The van der Waals surface area contributed by atoms with Crippen molar-refractivity contribution in [1.29, 1.82) is 0 Å². The molecule has 2 aromatic rings. The molecular weight excluding hydrogens is 320 g/mol. The van der Waals surface area contributed by atoms with Gasteiger partial charge in [0.1, 0.15) is 7.05 Å². The number of unbranched alkanes of at least 4 members (excludes halogenated alkanes) is 1. The summed E-state index contributed by atoms with van der Waals surface area (Å²) in [6, 6.07) is 13.0. The van der Waals surface area contributed by atoms with E-state index in [4.69, 9.17) is 4.74 Å². The minimum Gasteiger partial charge on any atom is -0.456 e. The summed E-state index contributed by atoms with van der Waals surface area (Å²) < 4.78 is 9.04. The zero-order valence-electron chi connectivity index (χ0n) is 16.5. The van der Waals surface area contributed by atoms with E-state index in [1.807, 2.05) is 0 Å². The second-order valence-electron chi connectivity index (χ2n) is 8.06. The number of rotatable bonds is 3. The van der Waals surface area contributed by atoms with Crippen LogP contribution in [0.1, 0.15) is 50.6 Å². The average molecular weight is 349 g/mol. The second kappa shape index (κ2) is 5.87. The summed E-state index contributed by atoms with van der Waals surface area (Å²) in [6.07, 6.45) is 6.85. The van der Waals surface area contributed by atoms with Crippen molar-refractivity contribution in [3.05, 3.63) is 59.4 Å². The number of nitrogens with zero attached hydrogens (tertiary/aromatic N) is 2. The van der Waals surface area contributed by atoms with Gasteiger partial charge >= 0.3 is 0 Å². The molecule has 1 spiro atoms. The molecule has 0 saturated heterocycles. The van der Waals surface area contributed by atoms with Crippen LogP contribution in [-0.2, 0) is 12.5 Å². The maximum Gasteiger partial charge on any atom is 0.247 e. The smallest absolute Gasteiger partial charge is 0.247 e. The normalized spacial score (nSPS) is 22.3. The number of ether oxygens (including phenoxy) is 1. The lowest BCUT2D eigenvalue weighted by molar-refractivity contribution is -0.680. The van der Waals surface area contributed by atoms with Gasteiger partial charge in [-0.25, -0.2) is 0 Å². The SMILES string of the molecule is CCCCN1c2ccccc2C(C)(C)[C@]12C=Cc1c(ccc(C)[n+]1C)O2. The predicted octanol–water partition coefficient (Wildman–Crippen LogP) is 4.52. The van der Waals surface area contributed by atoms with E-state index in [1.54, 1.807) is 0 Å². The van der Waals surface area contributed by atoms with Gasteiger partial charge in [0.2, 0.25) is 11.4 Å². The number of benzene rings is 1. The van der Waals surface area contributed by atoms with Gasteiger partial charge in [-0.3, -0.25) is 0 Å². The number of pyridine rings is 1. The Morgan fingerprint density at radius 3 is 2.65 bits per heavy atom. The third-order valence-corrected chi connectivity index (χ3v) is 6.25. The van der Waals surface area contributed by atoms with Crippen molar-refractivity contribution < 1.29 is 9.30 Å². The van der Waals surface area contributed by atoms with Crippen LogP contribution in [0.25, 0.3) is 6.08 Å². The van der Waals surface area contributed by atoms with Crippen LogP contribution in [0.4, 0.5) is 5.69 Å². The lowest BCUT2D eigenvalue weighted by Crippen LogP contribution is -2.60. The Hall–Kier alpha value is -2.29. The van der Waals surface area contributed by atoms with Crippen molar-refractivity contribution in [3.8, 4) is 5.75 Å². The minimum absolute atomic E-state index is 0.144. The predicted molar refractivity (Wildman–Crippen MR) is 106 cm³/mol. The van der Waals surface area contributed by atoms with E-state index >= 15 is 0 Å². The Bertz CT molecular complexity index is 884. The molecule has 0 amide bonds. The standard InChI is InChI=1S/C23H29N2O/c1-6-7-16-25-19-11-9-8-10-18(19)22(3,4)23(25)15-14-20-21(26-23)13-12-17(2)24(20)5/h8-15H,6-7,16H2,1-5H3/q+1/t23-/m1/s1. The Morgan fingerprint density at radius 1 is 1.12 bits per heavy atom. The number of fused-ring (bicyclic) bond motifs is 2. The van der Waals surface area contributed by atoms with Crippen molar-refractivity contribution in [2.45, 2.75) is 51.7 Å². The number of para-hydroxylation sites is 1. The fourth-order valence-corrected chi connectivity index (χ4v) is 4.45. The van der Waals surface area contributed by atoms with E-state index in [0.29, 0.717) is 0 Å². The molecule has 1 aromatic carbocycles. The summed E-state index contributed by atoms with van der Waals surface area (Å²) >= 11 is 0. The van der Waals surface area contributed by atoms with E-state index in [9.17, 15) is 0 Å². The highest BCUT2D eigenvalue weighted by atomic mass is 16.5. The fourth-order valence-electron chi connectivity index (χ4n) is 4.45. The summed E-state index contributed by atoms with van der Waals surface area (Å²) in [6.45, 7) is 9.98. The van der Waals surface area contributed by atoms with Crippen LogP contribution in [0, 0.1) is 6.92 Å². The third kappa shape index (κ3) is 2.16. The van der Waals surface area contributed by atoms with Crippen LogP contribution in [-0.4, -0.2) is 12.3 Å². The second-order valence-corrected chi connectivity index (χ2v) is 8.06. The molecule has 0 bridgehead atoms. The highest BCUT2D eigenvalue weighted by Crippen LogP contribution is 2.54. The summed E-state index contributed by atoms with van der Waals surface area (Å²) in [7, 11) is 2.10. The van der Waals surface area contributed by atoms with Crippen LogP contribution < -0.4 is 14.2 Å². The van der Waals surface area contributed by atoms with E-state index in [0.717, 1.165) is 24.4 Å². The van der Waals surface area contributed by atoms with Gasteiger partial charge in [-0.15, -0.1) is 0 Å². The van der Waals surface area contributed by atoms with Crippen molar-refractivity contribution in [3.63, 3.8) is 0 Å². The topological polar surface area (TPSA) is 16.4 Å². The quantitative estimate of drug-likeness (QED) is 0.758. The van der Waals surface area contributed by atoms with Gasteiger partial charge in [0.05, 0.1) is 5.41 Å². The average Bonchev–Trinajstić information content (AvgIpc) is 2.81. The molecule has 0 radical (unpaired) electrons. The van der Waals surface area contributed by atoms with Crippen molar-refractivity contribution in [2.24, 2.45) is 7.05 Å². The highest BCUT2D eigenvalue weighted by molar-refractivity contribution is 5.71. The van der Waals surface area contributed by atoms with E-state index in [-0.39, 0.29) is 5.41 Å². The molecule has 3 heteroatoms. The maximum absolute atomic E-state index is 6.84. The molecule has 4 rings (SSSR count). The van der Waals surface area contributed by atoms with Gasteiger partial charge in [0, 0.05) is 31.3 Å². The summed E-state index contributed by atoms with van der Waals surface area (Å²) in [4.78, 5) is 2.48. The Balaban J connectivity index is 1.88. The van der Waals surface area contributed by atoms with Gasteiger partial charge in [0.25, 0.3) is 0 Å². The molecule has 136 valence electrons. The van der Waals surface area contributed by atoms with Crippen LogP contribution in [0.2, 0.25) is 0 Å². The molecule has 1 atom stereocenters. The van der Waals surface area contributed by atoms with Gasteiger partial charge < -0.3 is 9.64 Å². The molecule has 2 aliphatic rings. The zero-order valence-corrected chi connectivity index (χ0v) is 16.5. The zero-order chi connectivity index (χ0) is 18.5. The molecule has 2 aliphatic heterocycles. The first-order valence-corrected chi connectivity index (χ1v) is 9.67. The Labute approximate surface area is 156 Å². The minimum atomic E-state index is -0.485. The van der Waals surface area contributed by atoms with Crippen LogP contribution in [0.3, 0.4) is 0 Å². The van der Waals surface area contributed by atoms with Crippen molar-refractivity contribution >= 4 is 11.8 Å². The maximum atomic E-state index is 6.84. The number of anilines is 1. The van der Waals surface area contributed by atoms with Gasteiger partial charge in [-0.2, -0.15) is 4.57 Å². The molecule has 26 heavy (non-hydrogen) atoms. The summed E-state index contributed by atoms with van der Waals surface area (Å²) in [5.74, 6) is 0.961. The third-order valence-electron chi connectivity index (χ3n) is 6.25. The van der Waals surface area contributed by atoms with Crippen molar-refractivity contribution in [2.75, 3.05) is 11.4 Å². The van der Waals surface area contributed by atoms with E-state index < -0.39 is 5.72 Å². The first kappa shape index (κ1) is 17.1. The number of hydrogen-bond acceptors (Lipinski definition) is 2. The molecule has 1 aromatic heterocycles. The lowest BCUT2D eigenvalue weighted by Gasteiger charge is -2.46. The highest BCUT2D eigenvalue weighted by Gasteiger charge is 2.59. The monoisotopic (exact) mass is 349 g/mol. The van der Waals surface area contributed by atoms with Crippen molar-refractivity contribution in [1.82, 2.24) is 0 Å². The first-order chi connectivity index (χ1) is 12.4. The molecular formula is C23H29N2O+. The Morgan fingerprint density at radius 2 is 1.88 bits per heavy atom. The van der Waals surface area contributed by atoms with Crippen LogP contribution in [0.5, 0.6) is 5.75 Å². The van der Waals surface area contributed by atoms with Gasteiger partial charge in [0.15, 0.2) is 11.4 Å².